The van der Waals surface area contributed by atoms with E-state index in [-0.39, 0.29) is 11.7 Å². The Kier molecular flexibility index (Phi) is 6.05. The monoisotopic (exact) mass is 280 g/mol. The van der Waals surface area contributed by atoms with Crippen LogP contribution in [0.3, 0.4) is 0 Å². The summed E-state index contributed by atoms with van der Waals surface area (Å²) in [6.07, 6.45) is 0.552. The summed E-state index contributed by atoms with van der Waals surface area (Å²) in [4.78, 5) is 27.2. The normalized spacial score (nSPS) is 10.7. The number of hydrogen-bond donors (Lipinski definition) is 2. The molecule has 0 atom stereocenters. The predicted octanol–water partition coefficient (Wildman–Crippen LogP) is 1.83. The average Bonchev–Trinajstić information content (AvgIpc) is 2.38. The number of methoxy groups -OCH3 is 1. The van der Waals surface area contributed by atoms with Gasteiger partial charge in [0.15, 0.2) is 0 Å². The van der Waals surface area contributed by atoms with Crippen LogP contribution in [0.4, 0.5) is 10.5 Å². The van der Waals surface area contributed by atoms with Crippen LogP contribution < -0.4 is 15.5 Å². The van der Waals surface area contributed by atoms with Crippen molar-refractivity contribution in [1.29, 1.82) is 0 Å². The molecule has 1 aromatic carbocycles. The highest BCUT2D eigenvalue weighted by atomic mass is 16.7. The fourth-order valence-electron chi connectivity index (χ4n) is 1.27. The van der Waals surface area contributed by atoms with Gasteiger partial charge in [0, 0.05) is 17.8 Å². The second-order valence-electron chi connectivity index (χ2n) is 3.67. The first-order chi connectivity index (χ1) is 9.55. The fraction of sp³-hybridized carbons (Fsp3) is 0.231. The number of carbonyl (C=O) groups is 2. The Bertz CT molecular complexity index is 513. The molecule has 0 aromatic heterocycles. The first-order valence-electron chi connectivity index (χ1n) is 5.69. The van der Waals surface area contributed by atoms with Crippen molar-refractivity contribution < 1.29 is 23.9 Å². The zero-order valence-corrected chi connectivity index (χ0v) is 11.4. The molecule has 1 aromatic rings. The van der Waals surface area contributed by atoms with Crippen molar-refractivity contribution in [2.75, 3.05) is 19.5 Å². The molecule has 1 rings (SSSR count). The third-order valence-electron chi connectivity index (χ3n) is 2.15. The van der Waals surface area contributed by atoms with Gasteiger partial charge < -0.3 is 14.8 Å². The van der Waals surface area contributed by atoms with Crippen LogP contribution in [0.15, 0.2) is 36.1 Å². The molecular weight excluding hydrogens is 264 g/mol. The zero-order chi connectivity index (χ0) is 15.0. The summed E-state index contributed by atoms with van der Waals surface area (Å²) in [6, 6.07) is 6.37. The molecule has 0 aliphatic carbocycles. The third-order valence-corrected chi connectivity index (χ3v) is 2.15. The van der Waals surface area contributed by atoms with Gasteiger partial charge >= 0.3 is 6.09 Å². The van der Waals surface area contributed by atoms with Gasteiger partial charge in [0.25, 0.3) is 5.91 Å². The first kappa shape index (κ1) is 15.5. The summed E-state index contributed by atoms with van der Waals surface area (Å²) in [5.41, 5.74) is 2.50. The zero-order valence-electron chi connectivity index (χ0n) is 11.4. The Morgan fingerprint density at radius 3 is 2.65 bits per heavy atom. The first-order valence-corrected chi connectivity index (χ1v) is 5.69. The molecule has 0 saturated heterocycles. The van der Waals surface area contributed by atoms with Crippen LogP contribution in [0, 0.1) is 0 Å². The van der Waals surface area contributed by atoms with Crippen molar-refractivity contribution in [3.8, 4) is 5.75 Å². The number of ether oxygens (including phenoxy) is 2. The van der Waals surface area contributed by atoms with Gasteiger partial charge in [-0.2, -0.15) is 5.48 Å². The number of allylic oxidation sites excluding steroid dienone is 1. The molecule has 7 heteroatoms. The molecule has 0 heterocycles. The van der Waals surface area contributed by atoms with Crippen LogP contribution in [-0.2, 0) is 14.4 Å². The number of benzene rings is 1. The summed E-state index contributed by atoms with van der Waals surface area (Å²) in [5.74, 6) is 0.405. The van der Waals surface area contributed by atoms with Gasteiger partial charge in [-0.15, -0.1) is 0 Å². The Labute approximate surface area is 116 Å². The molecule has 2 N–H and O–H groups in total. The summed E-state index contributed by atoms with van der Waals surface area (Å²) >= 11 is 0. The molecule has 0 aliphatic rings. The number of hydrogen-bond acceptors (Lipinski definition) is 5. The van der Waals surface area contributed by atoms with Crippen molar-refractivity contribution in [2.45, 2.75) is 6.92 Å². The molecule has 0 fully saturated rings. The van der Waals surface area contributed by atoms with E-state index in [2.05, 4.69) is 10.2 Å². The number of carbonyl (C=O) groups excluding carboxylic acids is 2. The highest BCUT2D eigenvalue weighted by molar-refractivity contribution is 5.99. The van der Waals surface area contributed by atoms with Gasteiger partial charge in [0.05, 0.1) is 20.0 Å². The van der Waals surface area contributed by atoms with Crippen LogP contribution in [0.5, 0.6) is 5.75 Å². The van der Waals surface area contributed by atoms with E-state index in [4.69, 9.17) is 9.47 Å². The lowest BCUT2D eigenvalue weighted by molar-refractivity contribution is -0.112. The number of rotatable bonds is 5. The van der Waals surface area contributed by atoms with E-state index >= 15 is 0 Å². The Hall–Kier alpha value is -2.54. The van der Waals surface area contributed by atoms with Crippen LogP contribution in [0.1, 0.15) is 6.92 Å². The van der Waals surface area contributed by atoms with Crippen molar-refractivity contribution in [3.05, 3.63) is 36.1 Å². The number of nitrogens with one attached hydrogen (secondary N) is 2. The Balaban J connectivity index is 2.68. The van der Waals surface area contributed by atoms with E-state index in [1.807, 2.05) is 5.48 Å². The van der Waals surface area contributed by atoms with E-state index < -0.39 is 6.09 Å². The maximum absolute atomic E-state index is 11.6. The van der Waals surface area contributed by atoms with Gasteiger partial charge in [-0.05, 0) is 19.1 Å². The lowest BCUT2D eigenvalue weighted by Gasteiger charge is -2.07. The van der Waals surface area contributed by atoms with E-state index in [1.165, 1.54) is 26.4 Å². The minimum Gasteiger partial charge on any atom is -0.501 e. The maximum Gasteiger partial charge on any atom is 0.436 e. The Morgan fingerprint density at radius 1 is 1.25 bits per heavy atom. The molecule has 2 amide bonds. The van der Waals surface area contributed by atoms with E-state index in [0.29, 0.717) is 11.4 Å². The van der Waals surface area contributed by atoms with Gasteiger partial charge in [-0.3, -0.25) is 9.63 Å². The Morgan fingerprint density at radius 2 is 2.00 bits per heavy atom. The minimum atomic E-state index is -0.758. The highest BCUT2D eigenvalue weighted by Crippen LogP contribution is 2.17. The fourth-order valence-corrected chi connectivity index (χ4v) is 1.27. The summed E-state index contributed by atoms with van der Waals surface area (Å²) in [5, 5.41) is 2.61. The lowest BCUT2D eigenvalue weighted by atomic mass is 10.3. The van der Waals surface area contributed by atoms with Crippen molar-refractivity contribution >= 4 is 17.7 Å². The molecular formula is C13H16N2O5. The van der Waals surface area contributed by atoms with Crippen LogP contribution >= 0.6 is 0 Å². The molecule has 7 nitrogen and oxygen atoms in total. The number of amides is 2. The maximum atomic E-state index is 11.6. The molecule has 0 radical (unpaired) electrons. The number of anilines is 1. The van der Waals surface area contributed by atoms with Crippen LogP contribution in [0.2, 0.25) is 0 Å². The van der Waals surface area contributed by atoms with Crippen LogP contribution in [0.25, 0.3) is 0 Å². The van der Waals surface area contributed by atoms with Gasteiger partial charge in [-0.25, -0.2) is 4.79 Å². The van der Waals surface area contributed by atoms with Gasteiger partial charge in [-0.1, -0.05) is 6.07 Å². The molecule has 0 bridgehead atoms. The smallest absolute Gasteiger partial charge is 0.436 e. The molecule has 0 unspecified atom stereocenters. The summed E-state index contributed by atoms with van der Waals surface area (Å²) < 4.78 is 9.78. The van der Waals surface area contributed by atoms with Gasteiger partial charge in [0.1, 0.15) is 5.75 Å². The molecule has 0 aliphatic heterocycles. The number of hydroxylamine groups is 1. The molecule has 0 saturated carbocycles. The average molecular weight is 280 g/mol. The van der Waals surface area contributed by atoms with Crippen molar-refractivity contribution in [2.24, 2.45) is 0 Å². The SMILES string of the molecule is CONC(=O)Oc1cccc(NC(=O)/C=C(/C)OC)c1. The summed E-state index contributed by atoms with van der Waals surface area (Å²) in [6.45, 7) is 1.66. The highest BCUT2D eigenvalue weighted by Gasteiger charge is 2.05. The van der Waals surface area contributed by atoms with Gasteiger partial charge in [0.2, 0.25) is 0 Å². The third kappa shape index (κ3) is 5.40. The topological polar surface area (TPSA) is 85.9 Å². The lowest BCUT2D eigenvalue weighted by Crippen LogP contribution is -2.25. The largest absolute Gasteiger partial charge is 0.501 e. The molecule has 0 spiro atoms. The standard InChI is InChI=1S/C13H16N2O5/c1-9(18-2)7-12(16)14-10-5-4-6-11(8-10)20-13(17)15-19-3/h4-8H,1-3H3,(H,14,16)(H,15,17)/b9-7-. The van der Waals surface area contributed by atoms with E-state index in [1.54, 1.807) is 25.1 Å². The van der Waals surface area contributed by atoms with Crippen LogP contribution in [-0.4, -0.2) is 26.2 Å². The molecule has 108 valence electrons. The minimum absolute atomic E-state index is 0.268. The second kappa shape index (κ2) is 7.80. The summed E-state index contributed by atoms with van der Waals surface area (Å²) in [7, 11) is 2.77. The second-order valence-corrected chi connectivity index (χ2v) is 3.67. The van der Waals surface area contributed by atoms with Crippen molar-refractivity contribution in [3.63, 3.8) is 0 Å². The van der Waals surface area contributed by atoms with E-state index in [0.717, 1.165) is 0 Å². The predicted molar refractivity (Wildman–Crippen MR) is 72.0 cm³/mol. The molecule has 20 heavy (non-hydrogen) atoms. The quantitative estimate of drug-likeness (QED) is 0.488. The van der Waals surface area contributed by atoms with E-state index in [9.17, 15) is 9.59 Å². The van der Waals surface area contributed by atoms with Crippen molar-refractivity contribution in [1.82, 2.24) is 5.48 Å².